The molecule has 0 aromatic heterocycles. The van der Waals surface area contributed by atoms with Gasteiger partial charge in [0.1, 0.15) is 0 Å². The van der Waals surface area contributed by atoms with E-state index in [2.05, 4.69) is 52.9 Å². The molecule has 1 heterocycles. The molecule has 1 unspecified atom stereocenters. The average Bonchev–Trinajstić information content (AvgIpc) is 2.50. The topological polar surface area (TPSA) is 46.3 Å². The van der Waals surface area contributed by atoms with Crippen LogP contribution in [0.2, 0.25) is 0 Å². The second kappa shape index (κ2) is 4.57. The minimum atomic E-state index is -0.241. The van der Waals surface area contributed by atoms with Crippen molar-refractivity contribution in [3.05, 3.63) is 28.2 Å². The predicted molar refractivity (Wildman–Crippen MR) is 77.6 cm³/mol. The van der Waals surface area contributed by atoms with Crippen LogP contribution in [0, 0.1) is 5.92 Å². The van der Waals surface area contributed by atoms with Gasteiger partial charge >= 0.3 is 0 Å². The highest BCUT2D eigenvalue weighted by Gasteiger charge is 2.36. The molecule has 1 aliphatic rings. The highest BCUT2D eigenvalue weighted by Crippen LogP contribution is 2.40. The number of hydrogen-bond donors (Lipinski definition) is 1. The standard InChI is InChI=1S/C14H19BrN2O/c1-9(13(16)18)8-17-12-6-11(15)5-4-10(12)7-14(17,2)3/h4-6,9H,7-8H2,1-3H3,(H2,16,18). The van der Waals surface area contributed by atoms with Gasteiger partial charge in [-0.3, -0.25) is 4.79 Å². The predicted octanol–water partition coefficient (Wildman–Crippen LogP) is 2.71. The molecule has 1 atom stereocenters. The van der Waals surface area contributed by atoms with Gasteiger partial charge in [0.2, 0.25) is 5.91 Å². The minimum absolute atomic E-state index is 0.0346. The molecule has 0 aliphatic carbocycles. The van der Waals surface area contributed by atoms with Crippen LogP contribution < -0.4 is 10.6 Å². The summed E-state index contributed by atoms with van der Waals surface area (Å²) in [5.74, 6) is -0.386. The molecule has 1 aromatic carbocycles. The van der Waals surface area contributed by atoms with Crippen LogP contribution in [0.15, 0.2) is 22.7 Å². The van der Waals surface area contributed by atoms with E-state index in [1.807, 2.05) is 6.92 Å². The van der Waals surface area contributed by atoms with Crippen LogP contribution in [0.25, 0.3) is 0 Å². The van der Waals surface area contributed by atoms with Crippen molar-refractivity contribution in [3.8, 4) is 0 Å². The summed E-state index contributed by atoms with van der Waals surface area (Å²) in [5.41, 5.74) is 7.96. The van der Waals surface area contributed by atoms with Crippen LogP contribution in [0.5, 0.6) is 0 Å². The fourth-order valence-corrected chi connectivity index (χ4v) is 2.88. The van der Waals surface area contributed by atoms with Gasteiger partial charge in [0, 0.05) is 22.2 Å². The Kier molecular flexibility index (Phi) is 3.41. The smallest absolute Gasteiger partial charge is 0.222 e. The average molecular weight is 311 g/mol. The lowest BCUT2D eigenvalue weighted by molar-refractivity contribution is -0.121. The summed E-state index contributed by atoms with van der Waals surface area (Å²) in [6.45, 7) is 6.96. The summed E-state index contributed by atoms with van der Waals surface area (Å²) in [6.07, 6.45) is 1.00. The van der Waals surface area contributed by atoms with E-state index in [1.54, 1.807) is 0 Å². The maximum atomic E-state index is 11.3. The van der Waals surface area contributed by atoms with Gasteiger partial charge in [-0.05, 0) is 38.0 Å². The van der Waals surface area contributed by atoms with Gasteiger partial charge in [-0.1, -0.05) is 28.9 Å². The largest absolute Gasteiger partial charge is 0.369 e. The van der Waals surface area contributed by atoms with E-state index in [4.69, 9.17) is 5.73 Å². The molecule has 1 aromatic rings. The van der Waals surface area contributed by atoms with E-state index in [0.717, 1.165) is 10.9 Å². The number of rotatable bonds is 3. The number of nitrogens with two attached hydrogens (primary N) is 1. The van der Waals surface area contributed by atoms with E-state index in [1.165, 1.54) is 11.3 Å². The Balaban J connectivity index is 2.34. The molecule has 1 aliphatic heterocycles. The van der Waals surface area contributed by atoms with Gasteiger partial charge in [-0.25, -0.2) is 0 Å². The Hall–Kier alpha value is -1.03. The molecule has 0 saturated heterocycles. The van der Waals surface area contributed by atoms with Crippen LogP contribution >= 0.6 is 15.9 Å². The van der Waals surface area contributed by atoms with Crippen molar-refractivity contribution in [2.45, 2.75) is 32.7 Å². The van der Waals surface area contributed by atoms with Gasteiger partial charge in [-0.15, -0.1) is 0 Å². The molecule has 98 valence electrons. The molecule has 2 N–H and O–H groups in total. The summed E-state index contributed by atoms with van der Waals surface area (Å²) in [5, 5.41) is 0. The number of primary amides is 1. The fourth-order valence-electron chi connectivity index (χ4n) is 2.53. The summed E-state index contributed by atoms with van der Waals surface area (Å²) < 4.78 is 1.07. The lowest BCUT2D eigenvalue weighted by Crippen LogP contribution is -2.45. The molecule has 0 radical (unpaired) electrons. The highest BCUT2D eigenvalue weighted by molar-refractivity contribution is 9.10. The Morgan fingerprint density at radius 2 is 2.22 bits per heavy atom. The molecule has 0 bridgehead atoms. The Morgan fingerprint density at radius 1 is 1.56 bits per heavy atom. The zero-order valence-electron chi connectivity index (χ0n) is 11.0. The number of carbonyl (C=O) groups is 1. The van der Waals surface area contributed by atoms with E-state index in [9.17, 15) is 4.79 Å². The van der Waals surface area contributed by atoms with Crippen LogP contribution in [-0.4, -0.2) is 18.0 Å². The number of nitrogens with zero attached hydrogens (tertiary/aromatic N) is 1. The second-order valence-electron chi connectivity index (χ2n) is 5.68. The van der Waals surface area contributed by atoms with Gasteiger partial charge in [-0.2, -0.15) is 0 Å². The van der Waals surface area contributed by atoms with Crippen LogP contribution in [-0.2, 0) is 11.2 Å². The number of benzene rings is 1. The van der Waals surface area contributed by atoms with E-state index < -0.39 is 0 Å². The summed E-state index contributed by atoms with van der Waals surface area (Å²) in [4.78, 5) is 13.6. The SMILES string of the molecule is CC(CN1c2cc(Br)ccc2CC1(C)C)C(N)=O. The van der Waals surface area contributed by atoms with Crippen LogP contribution in [0.3, 0.4) is 0 Å². The fraction of sp³-hybridized carbons (Fsp3) is 0.500. The van der Waals surface area contributed by atoms with Crippen molar-refractivity contribution in [3.63, 3.8) is 0 Å². The maximum Gasteiger partial charge on any atom is 0.222 e. The summed E-state index contributed by atoms with van der Waals surface area (Å²) >= 11 is 3.51. The van der Waals surface area contributed by atoms with Gasteiger partial charge < -0.3 is 10.6 Å². The normalized spacial score (nSPS) is 18.6. The summed E-state index contributed by atoms with van der Waals surface area (Å²) in [7, 11) is 0. The zero-order valence-corrected chi connectivity index (χ0v) is 12.6. The first-order valence-corrected chi connectivity index (χ1v) is 6.96. The number of anilines is 1. The first-order chi connectivity index (χ1) is 8.31. The lowest BCUT2D eigenvalue weighted by Gasteiger charge is -2.35. The number of fused-ring (bicyclic) bond motifs is 1. The van der Waals surface area contributed by atoms with Crippen molar-refractivity contribution in [1.82, 2.24) is 0 Å². The Labute approximate surface area is 116 Å². The molecule has 4 heteroatoms. The molecule has 3 nitrogen and oxygen atoms in total. The van der Waals surface area contributed by atoms with E-state index >= 15 is 0 Å². The third-order valence-electron chi connectivity index (χ3n) is 3.63. The first-order valence-electron chi connectivity index (χ1n) is 6.16. The van der Waals surface area contributed by atoms with Crippen molar-refractivity contribution < 1.29 is 4.79 Å². The lowest BCUT2D eigenvalue weighted by atomic mass is 9.98. The molecular weight excluding hydrogens is 292 g/mol. The first kappa shape index (κ1) is 13.4. The van der Waals surface area contributed by atoms with Crippen molar-refractivity contribution in [2.24, 2.45) is 11.7 Å². The van der Waals surface area contributed by atoms with Crippen molar-refractivity contribution >= 4 is 27.5 Å². The highest BCUT2D eigenvalue weighted by atomic mass is 79.9. The second-order valence-corrected chi connectivity index (χ2v) is 6.59. The quantitative estimate of drug-likeness (QED) is 0.933. The number of amides is 1. The minimum Gasteiger partial charge on any atom is -0.369 e. The Bertz CT molecular complexity index is 485. The van der Waals surface area contributed by atoms with Gasteiger partial charge in [0.05, 0.1) is 5.92 Å². The summed E-state index contributed by atoms with van der Waals surface area (Å²) in [6, 6.07) is 6.34. The monoisotopic (exact) mass is 310 g/mol. The van der Waals surface area contributed by atoms with Crippen molar-refractivity contribution in [1.29, 1.82) is 0 Å². The number of hydrogen-bond acceptors (Lipinski definition) is 2. The Morgan fingerprint density at radius 3 is 2.83 bits per heavy atom. The maximum absolute atomic E-state index is 11.3. The number of carbonyl (C=O) groups excluding carboxylic acids is 1. The van der Waals surface area contributed by atoms with Gasteiger partial charge in [0.15, 0.2) is 0 Å². The van der Waals surface area contributed by atoms with E-state index in [-0.39, 0.29) is 17.4 Å². The molecule has 0 saturated carbocycles. The molecular formula is C14H19BrN2O. The van der Waals surface area contributed by atoms with Crippen LogP contribution in [0.4, 0.5) is 5.69 Å². The molecule has 18 heavy (non-hydrogen) atoms. The third kappa shape index (κ3) is 2.39. The molecule has 2 rings (SSSR count). The van der Waals surface area contributed by atoms with E-state index in [0.29, 0.717) is 6.54 Å². The molecule has 0 fully saturated rings. The van der Waals surface area contributed by atoms with Crippen LogP contribution in [0.1, 0.15) is 26.3 Å². The molecule has 0 spiro atoms. The third-order valence-corrected chi connectivity index (χ3v) is 4.13. The number of halogens is 1. The van der Waals surface area contributed by atoms with Crippen molar-refractivity contribution in [2.75, 3.05) is 11.4 Å². The molecule has 1 amide bonds. The zero-order chi connectivity index (χ0) is 13.5. The van der Waals surface area contributed by atoms with Gasteiger partial charge in [0.25, 0.3) is 0 Å².